The van der Waals surface area contributed by atoms with E-state index in [0.717, 1.165) is 31.2 Å². The van der Waals surface area contributed by atoms with Gasteiger partial charge in [-0.05, 0) is 101 Å². The summed E-state index contributed by atoms with van der Waals surface area (Å²) in [5.41, 5.74) is 18.5. The van der Waals surface area contributed by atoms with Crippen LogP contribution in [0.25, 0.3) is 0 Å². The summed E-state index contributed by atoms with van der Waals surface area (Å²) < 4.78 is 0. The highest BCUT2D eigenvalue weighted by Gasteiger charge is 2.35. The average Bonchev–Trinajstić information content (AvgIpc) is 3.36. The highest BCUT2D eigenvalue weighted by atomic mass is 16.6. The van der Waals surface area contributed by atoms with Gasteiger partial charge in [-0.25, -0.2) is 5.90 Å². The molecule has 0 spiro atoms. The molecule has 430 valence electrons. The Hall–Kier alpha value is -5.79. The third-order valence-electron chi connectivity index (χ3n) is 12.7. The van der Waals surface area contributed by atoms with Gasteiger partial charge in [0.1, 0.15) is 48.3 Å². The Morgan fingerprint density at radius 3 is 1.63 bits per heavy atom. The third kappa shape index (κ3) is 25.8. The van der Waals surface area contributed by atoms with Crippen LogP contribution in [0, 0.1) is 11.8 Å². The number of hydrogen-bond donors (Lipinski definition) is 14. The Kier molecular flexibility index (Phi) is 32.3. The number of aliphatic hydroxyl groups excluding tert-OH is 1. The minimum atomic E-state index is -1.52. The van der Waals surface area contributed by atoms with Crippen LogP contribution in [0.15, 0.2) is 30.3 Å². The van der Waals surface area contributed by atoms with Gasteiger partial charge in [0.2, 0.25) is 53.2 Å². The molecule has 1 aromatic rings. The molecule has 24 heteroatoms. The third-order valence-corrected chi connectivity index (χ3v) is 12.7. The molecule has 18 N–H and O–H groups in total. The molecule has 1 fully saturated rings. The standard InChI is InChI=1S/C52H91N13O11/c1-6-7-8-9-13-17-35(66)30-44(67)58-43(31-76-56)52(75)63-40-23-27-57-45(68)41(28-32(2)3)64-46(69)36(18-14-24-53)59-48(71)39(22-26-55)62-51(74)42(29-33(4)5)65-47(70)37(20-19-34-15-11-10-12-16-34)60-49(72)38(21-25-54)61-50(40)73/h10-12,15-16,32-33,35-43,66H,6-9,13-14,17-31,53-56H2,1-5H3,(H,57,68)(H,58,67)(H,59,71)(H,60,72)(H,61,73)(H,62,74)(H,63,75)(H,64,69)(H,65,70)/t35-,36+,37-,38+,39+,40+,41+,42+,43-/m1/s1. The van der Waals surface area contributed by atoms with Crippen LogP contribution in [0.4, 0.5) is 0 Å². The molecular formula is C52H91N13O11. The van der Waals surface area contributed by atoms with Crippen molar-refractivity contribution in [3.05, 3.63) is 35.9 Å². The summed E-state index contributed by atoms with van der Waals surface area (Å²) in [6, 6.07) is -1.38. The SMILES string of the molecule is CCCCCCC[C@@H](O)CC(=O)N[C@H](CON)C(=O)N[C@H]1CCNC(=O)[C@H](CC(C)C)NC(=O)[C@H](CCCN)NC(=O)[C@H](CCN)NC(=O)[C@H](CC(C)C)NC(=O)[C@@H](CCc2ccccc2)NC(=O)[C@H](CCN)NC1=O. The molecule has 24 nitrogen and oxygen atoms in total. The van der Waals surface area contributed by atoms with Gasteiger partial charge in [-0.2, -0.15) is 0 Å². The highest BCUT2D eigenvalue weighted by Crippen LogP contribution is 2.13. The molecule has 9 amide bonds. The Labute approximate surface area is 448 Å². The second kappa shape index (κ2) is 37.1. The van der Waals surface area contributed by atoms with Crippen LogP contribution >= 0.6 is 0 Å². The van der Waals surface area contributed by atoms with Crippen molar-refractivity contribution in [3.63, 3.8) is 0 Å². The number of unbranched alkanes of at least 4 members (excludes halogenated alkanes) is 4. The Bertz CT molecular complexity index is 1960. The monoisotopic (exact) mass is 1070 g/mol. The minimum absolute atomic E-state index is 0.0356. The smallest absolute Gasteiger partial charge is 0.245 e. The molecule has 1 saturated heterocycles. The normalized spacial score (nSPS) is 22.7. The Morgan fingerprint density at radius 1 is 0.632 bits per heavy atom. The van der Waals surface area contributed by atoms with Gasteiger partial charge in [0.15, 0.2) is 0 Å². The fourth-order valence-electron chi connectivity index (χ4n) is 8.56. The van der Waals surface area contributed by atoms with E-state index in [1.165, 1.54) is 0 Å². The number of aliphatic hydroxyl groups is 1. The lowest BCUT2D eigenvalue weighted by Gasteiger charge is -2.28. The fraction of sp³-hybridized carbons (Fsp3) is 0.712. The lowest BCUT2D eigenvalue weighted by Crippen LogP contribution is -2.60. The molecule has 1 aliphatic rings. The van der Waals surface area contributed by atoms with E-state index in [0.29, 0.717) is 25.7 Å². The van der Waals surface area contributed by atoms with Crippen molar-refractivity contribution in [2.24, 2.45) is 34.9 Å². The number of nitrogens with one attached hydrogen (secondary N) is 9. The number of carbonyl (C=O) groups is 9. The number of nitrogens with two attached hydrogens (primary N) is 4. The molecule has 0 saturated carbocycles. The molecule has 1 aliphatic heterocycles. The van der Waals surface area contributed by atoms with Crippen LogP contribution in [-0.4, -0.2) is 145 Å². The van der Waals surface area contributed by atoms with Crippen molar-refractivity contribution in [3.8, 4) is 0 Å². The quantitative estimate of drug-likeness (QED) is 0.0354. The molecular weight excluding hydrogens is 983 g/mol. The van der Waals surface area contributed by atoms with Crippen LogP contribution in [0.1, 0.15) is 136 Å². The van der Waals surface area contributed by atoms with Crippen LogP contribution in [0.3, 0.4) is 0 Å². The summed E-state index contributed by atoms with van der Waals surface area (Å²) in [5, 5.41) is 34.7. The van der Waals surface area contributed by atoms with Gasteiger partial charge >= 0.3 is 0 Å². The summed E-state index contributed by atoms with van der Waals surface area (Å²) in [4.78, 5) is 131. The Balaban J connectivity index is 2.69. The number of benzene rings is 1. The van der Waals surface area contributed by atoms with E-state index in [9.17, 15) is 48.3 Å². The minimum Gasteiger partial charge on any atom is -0.393 e. The van der Waals surface area contributed by atoms with E-state index < -0.39 is 114 Å². The number of carbonyl (C=O) groups excluding carboxylic acids is 9. The lowest BCUT2D eigenvalue weighted by molar-refractivity contribution is -0.136. The second-order valence-electron chi connectivity index (χ2n) is 20.4. The molecule has 76 heavy (non-hydrogen) atoms. The van der Waals surface area contributed by atoms with Gasteiger partial charge in [0, 0.05) is 6.54 Å². The average molecular weight is 1070 g/mol. The summed E-state index contributed by atoms with van der Waals surface area (Å²) in [6.45, 7) is 8.58. The molecule has 0 bridgehead atoms. The van der Waals surface area contributed by atoms with Crippen molar-refractivity contribution in [2.75, 3.05) is 32.8 Å². The first-order valence-electron chi connectivity index (χ1n) is 27.1. The zero-order chi connectivity index (χ0) is 56.6. The number of amides is 9. The number of aryl methyl sites for hydroxylation is 1. The predicted octanol–water partition coefficient (Wildman–Crippen LogP) is -1.45. The van der Waals surface area contributed by atoms with Crippen molar-refractivity contribution in [1.29, 1.82) is 0 Å². The Morgan fingerprint density at radius 2 is 1.12 bits per heavy atom. The van der Waals surface area contributed by atoms with E-state index >= 15 is 0 Å². The van der Waals surface area contributed by atoms with E-state index in [1.54, 1.807) is 0 Å². The molecule has 1 heterocycles. The van der Waals surface area contributed by atoms with Gasteiger partial charge in [0.05, 0.1) is 19.1 Å². The maximum absolute atomic E-state index is 14.4. The zero-order valence-electron chi connectivity index (χ0n) is 45.4. The largest absolute Gasteiger partial charge is 0.393 e. The molecule has 1 aromatic carbocycles. The van der Waals surface area contributed by atoms with Crippen molar-refractivity contribution >= 4 is 53.2 Å². The first-order chi connectivity index (χ1) is 36.3. The van der Waals surface area contributed by atoms with Crippen LogP contribution in [0.2, 0.25) is 0 Å². The highest BCUT2D eigenvalue weighted by molar-refractivity contribution is 5.98. The van der Waals surface area contributed by atoms with E-state index in [1.807, 2.05) is 58.0 Å². The fourth-order valence-corrected chi connectivity index (χ4v) is 8.56. The molecule has 0 aromatic heterocycles. The zero-order valence-corrected chi connectivity index (χ0v) is 45.4. The summed E-state index contributed by atoms with van der Waals surface area (Å²) in [6.07, 6.45) is 4.18. The van der Waals surface area contributed by atoms with Gasteiger partial charge in [0.25, 0.3) is 0 Å². The molecule has 2 rings (SSSR count). The van der Waals surface area contributed by atoms with Crippen molar-refractivity contribution < 1.29 is 53.1 Å². The molecule has 9 atom stereocenters. The molecule has 0 radical (unpaired) electrons. The maximum Gasteiger partial charge on any atom is 0.245 e. The summed E-state index contributed by atoms with van der Waals surface area (Å²) in [7, 11) is 0. The van der Waals surface area contributed by atoms with Gasteiger partial charge in [-0.15, -0.1) is 0 Å². The first-order valence-corrected chi connectivity index (χ1v) is 27.1. The summed E-state index contributed by atoms with van der Waals surface area (Å²) in [5.74, 6) is -1.87. The van der Waals surface area contributed by atoms with Crippen molar-refractivity contribution in [2.45, 2.75) is 192 Å². The predicted molar refractivity (Wildman–Crippen MR) is 287 cm³/mol. The topological polar surface area (TPSA) is 395 Å². The van der Waals surface area contributed by atoms with Crippen LogP contribution in [0.5, 0.6) is 0 Å². The van der Waals surface area contributed by atoms with Crippen LogP contribution in [-0.2, 0) is 54.4 Å². The van der Waals surface area contributed by atoms with Gasteiger partial charge in [-0.3, -0.25) is 43.2 Å². The van der Waals surface area contributed by atoms with Gasteiger partial charge in [-0.1, -0.05) is 97.1 Å². The van der Waals surface area contributed by atoms with E-state index in [2.05, 4.69) is 54.8 Å². The maximum atomic E-state index is 14.4. The second-order valence-corrected chi connectivity index (χ2v) is 20.4. The van der Waals surface area contributed by atoms with E-state index in [-0.39, 0.29) is 89.4 Å². The number of rotatable bonds is 27. The van der Waals surface area contributed by atoms with E-state index in [4.69, 9.17) is 27.9 Å². The summed E-state index contributed by atoms with van der Waals surface area (Å²) >= 11 is 0. The van der Waals surface area contributed by atoms with Crippen molar-refractivity contribution in [1.82, 2.24) is 47.9 Å². The molecule has 0 aliphatic carbocycles. The number of hydrogen-bond acceptors (Lipinski definition) is 15. The lowest BCUT2D eigenvalue weighted by atomic mass is 10.00. The molecule has 0 unspecified atom stereocenters. The van der Waals surface area contributed by atoms with Gasteiger partial charge < -0.3 is 75.0 Å². The first kappa shape index (κ1) is 66.3. The van der Waals surface area contributed by atoms with Crippen LogP contribution < -0.4 is 70.9 Å².